The van der Waals surface area contributed by atoms with E-state index in [1.165, 1.54) is 0 Å². The molecule has 1 aliphatic rings. The van der Waals surface area contributed by atoms with Crippen molar-refractivity contribution >= 4 is 22.6 Å². The molecule has 0 bridgehead atoms. The van der Waals surface area contributed by atoms with Crippen molar-refractivity contribution in [3.63, 3.8) is 0 Å². The van der Waals surface area contributed by atoms with E-state index in [0.29, 0.717) is 19.0 Å². The Morgan fingerprint density at radius 1 is 1.00 bits per heavy atom. The first-order chi connectivity index (χ1) is 17.4. The van der Waals surface area contributed by atoms with Crippen LogP contribution in [-0.2, 0) is 11.8 Å². The molecule has 1 atom stereocenters. The van der Waals surface area contributed by atoms with Crippen molar-refractivity contribution in [3.05, 3.63) is 66.4 Å². The second-order valence-electron chi connectivity index (χ2n) is 9.05. The Morgan fingerprint density at radius 2 is 1.69 bits per heavy atom. The molecule has 186 valence electrons. The molecule has 2 aromatic heterocycles. The number of carbonyl (C=O) groups excluding carboxylic acids is 1. The summed E-state index contributed by atoms with van der Waals surface area (Å²) in [6.45, 7) is 6.58. The van der Waals surface area contributed by atoms with Gasteiger partial charge in [0.15, 0.2) is 11.8 Å². The molecule has 1 fully saturated rings. The number of carbonyl (C=O) groups is 1. The van der Waals surface area contributed by atoms with Gasteiger partial charge in [0.1, 0.15) is 5.75 Å². The Labute approximate surface area is 211 Å². The molecule has 1 amide bonds. The Bertz CT molecular complexity index is 1360. The number of anilines is 1. The molecule has 36 heavy (non-hydrogen) atoms. The lowest BCUT2D eigenvalue weighted by atomic mass is 10.0. The van der Waals surface area contributed by atoms with Gasteiger partial charge in [-0.25, -0.2) is 0 Å². The quantitative estimate of drug-likeness (QED) is 0.410. The molecular weight excluding hydrogens is 454 g/mol. The second-order valence-corrected chi connectivity index (χ2v) is 9.05. The fourth-order valence-electron chi connectivity index (χ4n) is 4.79. The molecule has 3 heterocycles. The van der Waals surface area contributed by atoms with Gasteiger partial charge < -0.3 is 19.3 Å². The van der Waals surface area contributed by atoms with Gasteiger partial charge in [0.2, 0.25) is 5.88 Å². The van der Waals surface area contributed by atoms with Crippen LogP contribution in [0, 0.1) is 6.92 Å². The predicted molar refractivity (Wildman–Crippen MR) is 141 cm³/mol. The van der Waals surface area contributed by atoms with E-state index in [1.807, 2.05) is 67.4 Å². The number of methoxy groups -OCH3 is 1. The summed E-state index contributed by atoms with van der Waals surface area (Å²) in [4.78, 5) is 22.1. The van der Waals surface area contributed by atoms with E-state index >= 15 is 0 Å². The van der Waals surface area contributed by atoms with Crippen LogP contribution in [0.25, 0.3) is 22.2 Å². The van der Waals surface area contributed by atoms with Crippen LogP contribution in [0.3, 0.4) is 0 Å². The van der Waals surface area contributed by atoms with Crippen molar-refractivity contribution in [3.8, 4) is 22.8 Å². The van der Waals surface area contributed by atoms with Gasteiger partial charge in [0.25, 0.3) is 5.91 Å². The zero-order valence-corrected chi connectivity index (χ0v) is 21.1. The number of fused-ring (bicyclic) bond motifs is 1. The minimum atomic E-state index is -0.652. The van der Waals surface area contributed by atoms with Crippen LogP contribution in [0.1, 0.15) is 12.6 Å². The third-order valence-electron chi connectivity index (χ3n) is 6.70. The highest BCUT2D eigenvalue weighted by Gasteiger charge is 2.27. The normalized spacial score (nSPS) is 14.7. The number of aromatic nitrogens is 3. The smallest absolute Gasteiger partial charge is 0.263 e. The van der Waals surface area contributed by atoms with Crippen molar-refractivity contribution in [1.82, 2.24) is 19.7 Å². The van der Waals surface area contributed by atoms with Crippen LogP contribution in [0.15, 0.2) is 60.7 Å². The number of nitrogens with zero attached hydrogens (tertiary/aromatic N) is 5. The third kappa shape index (κ3) is 4.58. The van der Waals surface area contributed by atoms with Crippen LogP contribution in [-0.4, -0.2) is 65.0 Å². The average Bonchev–Trinajstić information content (AvgIpc) is 3.21. The number of aryl methyl sites for hydroxylation is 2. The van der Waals surface area contributed by atoms with Gasteiger partial charge >= 0.3 is 0 Å². The molecule has 4 aromatic rings. The number of amides is 1. The van der Waals surface area contributed by atoms with Gasteiger partial charge in [0, 0.05) is 45.0 Å². The first-order valence-electron chi connectivity index (χ1n) is 12.2. The lowest BCUT2D eigenvalue weighted by molar-refractivity contribution is -0.138. The molecule has 1 saturated heterocycles. The van der Waals surface area contributed by atoms with Crippen molar-refractivity contribution in [2.24, 2.45) is 7.05 Å². The number of rotatable bonds is 6. The number of hydrogen-bond acceptors (Lipinski definition) is 6. The molecule has 8 nitrogen and oxygen atoms in total. The first kappa shape index (κ1) is 23.7. The molecule has 0 radical (unpaired) electrons. The van der Waals surface area contributed by atoms with E-state index in [9.17, 15) is 4.79 Å². The van der Waals surface area contributed by atoms with Crippen LogP contribution in [0.4, 0.5) is 5.69 Å². The minimum absolute atomic E-state index is 0.0336. The molecule has 8 heteroatoms. The van der Waals surface area contributed by atoms with E-state index < -0.39 is 6.10 Å². The van der Waals surface area contributed by atoms with Crippen LogP contribution < -0.4 is 14.4 Å². The number of ether oxygens (including phenoxy) is 2. The topological polar surface area (TPSA) is 72.7 Å². The number of piperazine rings is 1. The summed E-state index contributed by atoms with van der Waals surface area (Å²) in [5.41, 5.74) is 4.82. The Morgan fingerprint density at radius 3 is 2.36 bits per heavy atom. The summed E-state index contributed by atoms with van der Waals surface area (Å²) in [6, 6.07) is 20.0. The number of benzene rings is 2. The van der Waals surface area contributed by atoms with Crippen molar-refractivity contribution in [2.45, 2.75) is 20.0 Å². The zero-order valence-electron chi connectivity index (χ0n) is 21.1. The van der Waals surface area contributed by atoms with E-state index in [1.54, 1.807) is 18.7 Å². The minimum Gasteiger partial charge on any atom is -0.497 e. The summed E-state index contributed by atoms with van der Waals surface area (Å²) in [5, 5.41) is 5.55. The number of hydrogen-bond donors (Lipinski definition) is 0. The van der Waals surface area contributed by atoms with Gasteiger partial charge in [-0.1, -0.05) is 30.3 Å². The lowest BCUT2D eigenvalue weighted by Crippen LogP contribution is -2.52. The number of pyridine rings is 1. The predicted octanol–water partition coefficient (Wildman–Crippen LogP) is 4.07. The molecule has 2 aromatic carbocycles. The molecule has 1 aliphatic heterocycles. The van der Waals surface area contributed by atoms with Gasteiger partial charge in [-0.2, -0.15) is 10.1 Å². The highest BCUT2D eigenvalue weighted by atomic mass is 16.5. The van der Waals surface area contributed by atoms with Gasteiger partial charge in [-0.15, -0.1) is 0 Å². The SMILES string of the molecule is COc1ccc(N2CCN(C(=O)[C@H](C)Oc3cc(-c4ccccc4)c4c(C)nn(C)c4n3)CC2)cc1. The lowest BCUT2D eigenvalue weighted by Gasteiger charge is -2.37. The molecule has 0 spiro atoms. The average molecular weight is 486 g/mol. The summed E-state index contributed by atoms with van der Waals surface area (Å²) >= 11 is 0. The van der Waals surface area contributed by atoms with Crippen molar-refractivity contribution < 1.29 is 14.3 Å². The highest BCUT2D eigenvalue weighted by Crippen LogP contribution is 2.33. The van der Waals surface area contributed by atoms with Gasteiger partial charge in [-0.05, 0) is 49.2 Å². The van der Waals surface area contributed by atoms with E-state index in [2.05, 4.69) is 22.1 Å². The van der Waals surface area contributed by atoms with Crippen LogP contribution >= 0.6 is 0 Å². The maximum Gasteiger partial charge on any atom is 0.263 e. The first-order valence-corrected chi connectivity index (χ1v) is 12.2. The molecule has 0 saturated carbocycles. The second kappa shape index (κ2) is 9.89. The van der Waals surface area contributed by atoms with Gasteiger partial charge in [-0.3, -0.25) is 9.48 Å². The third-order valence-corrected chi connectivity index (χ3v) is 6.70. The highest BCUT2D eigenvalue weighted by molar-refractivity contribution is 5.95. The van der Waals surface area contributed by atoms with E-state index in [4.69, 9.17) is 14.5 Å². The molecular formula is C28H31N5O3. The van der Waals surface area contributed by atoms with Crippen LogP contribution in [0.2, 0.25) is 0 Å². The fourth-order valence-corrected chi connectivity index (χ4v) is 4.79. The summed E-state index contributed by atoms with van der Waals surface area (Å²) in [7, 11) is 3.54. The Kier molecular flexibility index (Phi) is 6.50. The molecule has 0 N–H and O–H groups in total. The molecule has 5 rings (SSSR count). The van der Waals surface area contributed by atoms with Crippen molar-refractivity contribution in [2.75, 3.05) is 38.2 Å². The maximum atomic E-state index is 13.2. The Hall–Kier alpha value is -4.07. The van der Waals surface area contributed by atoms with Crippen molar-refractivity contribution in [1.29, 1.82) is 0 Å². The van der Waals surface area contributed by atoms with E-state index in [0.717, 1.165) is 52.4 Å². The molecule has 0 aliphatic carbocycles. The Balaban J connectivity index is 1.30. The summed E-state index contributed by atoms with van der Waals surface area (Å²) in [5.74, 6) is 1.22. The summed E-state index contributed by atoms with van der Waals surface area (Å²) in [6.07, 6.45) is -0.652. The van der Waals surface area contributed by atoms with E-state index in [-0.39, 0.29) is 5.91 Å². The largest absolute Gasteiger partial charge is 0.497 e. The van der Waals surface area contributed by atoms with Crippen LogP contribution in [0.5, 0.6) is 11.6 Å². The van der Waals surface area contributed by atoms with Gasteiger partial charge in [0.05, 0.1) is 18.2 Å². The standard InChI is InChI=1S/C28H31N5O3/c1-19-26-24(21-8-6-5-7-9-21)18-25(29-27(26)31(3)30-19)36-20(2)28(34)33-16-14-32(15-17-33)22-10-12-23(35-4)13-11-22/h5-13,18,20H,14-17H2,1-4H3/t20-/m0/s1. The monoisotopic (exact) mass is 485 g/mol. The fraction of sp³-hybridized carbons (Fsp3) is 0.321. The maximum absolute atomic E-state index is 13.2. The zero-order chi connectivity index (χ0) is 25.2. The molecule has 0 unspecified atom stereocenters. The summed E-state index contributed by atoms with van der Waals surface area (Å²) < 4.78 is 13.1.